The molecule has 1 rings (SSSR count). The van der Waals surface area contributed by atoms with Crippen molar-refractivity contribution in [1.29, 1.82) is 0 Å². The molecule has 0 heterocycles. The Labute approximate surface area is 78.5 Å². The van der Waals surface area contributed by atoms with E-state index in [1.165, 1.54) is 5.57 Å². The van der Waals surface area contributed by atoms with Crippen LogP contribution in [0.25, 0.3) is 0 Å². The number of carboxylic acids is 1. The summed E-state index contributed by atoms with van der Waals surface area (Å²) in [4.78, 5) is 18.6. The Bertz CT molecular complexity index is 208. The van der Waals surface area contributed by atoms with Gasteiger partial charge in [0.05, 0.1) is 5.92 Å². The second-order valence-electron chi connectivity index (χ2n) is 3.36. The van der Waals surface area contributed by atoms with Crippen LogP contribution in [0.4, 0.5) is 0 Å². The number of hydrogen-bond donors (Lipinski definition) is 1. The Balaban J connectivity index is 0.000000671. The highest BCUT2D eigenvalue weighted by Gasteiger charge is 2.25. The number of allylic oxidation sites excluding steroid dienone is 2. The third-order valence-corrected chi connectivity index (χ3v) is 2.35. The molecule has 0 amide bonds. The number of carboxylic acid groups (broad SMARTS) is 1. The molecule has 0 radical (unpaired) electrons. The maximum absolute atomic E-state index is 10.6. The predicted octanol–water partition coefficient (Wildman–Crippen LogP) is 1.88. The number of carbonyl (C=O) groups is 2. The SMILES string of the molecule is C=O.CC1=CC(C)C(C(=O)O)CC1. The number of rotatable bonds is 1. The van der Waals surface area contributed by atoms with Crippen LogP contribution in [0.5, 0.6) is 0 Å². The molecule has 1 aliphatic carbocycles. The average molecular weight is 184 g/mol. The Morgan fingerprint density at radius 2 is 2.15 bits per heavy atom. The minimum Gasteiger partial charge on any atom is -0.481 e. The molecule has 0 aromatic rings. The van der Waals surface area contributed by atoms with Gasteiger partial charge in [-0.25, -0.2) is 0 Å². The van der Waals surface area contributed by atoms with Crippen LogP contribution >= 0.6 is 0 Å². The van der Waals surface area contributed by atoms with E-state index in [-0.39, 0.29) is 11.8 Å². The van der Waals surface area contributed by atoms with Gasteiger partial charge in [-0.3, -0.25) is 4.79 Å². The third kappa shape index (κ3) is 3.40. The molecule has 0 fully saturated rings. The highest BCUT2D eigenvalue weighted by Crippen LogP contribution is 2.28. The largest absolute Gasteiger partial charge is 0.481 e. The fourth-order valence-electron chi connectivity index (χ4n) is 1.64. The summed E-state index contributed by atoms with van der Waals surface area (Å²) in [5.74, 6) is -0.596. The molecule has 1 aliphatic rings. The van der Waals surface area contributed by atoms with Gasteiger partial charge in [-0.2, -0.15) is 0 Å². The van der Waals surface area contributed by atoms with Crippen molar-refractivity contribution in [2.75, 3.05) is 0 Å². The van der Waals surface area contributed by atoms with Gasteiger partial charge >= 0.3 is 5.97 Å². The molecule has 1 N–H and O–H groups in total. The quantitative estimate of drug-likeness (QED) is 0.633. The zero-order valence-corrected chi connectivity index (χ0v) is 8.12. The smallest absolute Gasteiger partial charge is 0.307 e. The highest BCUT2D eigenvalue weighted by molar-refractivity contribution is 5.70. The van der Waals surface area contributed by atoms with Crippen LogP contribution in [-0.2, 0) is 9.59 Å². The first kappa shape index (κ1) is 11.9. The van der Waals surface area contributed by atoms with Crippen molar-refractivity contribution in [3.05, 3.63) is 11.6 Å². The van der Waals surface area contributed by atoms with Crippen LogP contribution in [0, 0.1) is 11.8 Å². The molecule has 0 saturated heterocycles. The van der Waals surface area contributed by atoms with Gasteiger partial charge in [0.2, 0.25) is 0 Å². The Morgan fingerprint density at radius 1 is 1.62 bits per heavy atom. The molecule has 0 bridgehead atoms. The number of aliphatic carboxylic acids is 1. The molecular formula is C10H16O3. The van der Waals surface area contributed by atoms with E-state index in [0.29, 0.717) is 0 Å². The lowest BCUT2D eigenvalue weighted by atomic mass is 9.82. The molecule has 2 atom stereocenters. The van der Waals surface area contributed by atoms with E-state index in [2.05, 4.69) is 13.0 Å². The van der Waals surface area contributed by atoms with E-state index in [9.17, 15) is 4.79 Å². The molecule has 0 spiro atoms. The van der Waals surface area contributed by atoms with Gasteiger partial charge in [-0.15, -0.1) is 0 Å². The van der Waals surface area contributed by atoms with Crippen molar-refractivity contribution in [2.45, 2.75) is 26.7 Å². The molecular weight excluding hydrogens is 168 g/mol. The topological polar surface area (TPSA) is 54.4 Å². The van der Waals surface area contributed by atoms with E-state index < -0.39 is 5.97 Å². The summed E-state index contributed by atoms with van der Waals surface area (Å²) in [6.07, 6.45) is 3.82. The van der Waals surface area contributed by atoms with Gasteiger partial charge in [0.15, 0.2) is 0 Å². The molecule has 3 nitrogen and oxygen atoms in total. The number of carbonyl (C=O) groups excluding carboxylic acids is 1. The monoisotopic (exact) mass is 184 g/mol. The van der Waals surface area contributed by atoms with E-state index in [1.54, 1.807) is 0 Å². The summed E-state index contributed by atoms with van der Waals surface area (Å²) in [5, 5.41) is 8.77. The molecule has 0 aromatic heterocycles. The molecule has 0 aliphatic heterocycles. The molecule has 0 saturated carbocycles. The zero-order chi connectivity index (χ0) is 10.4. The summed E-state index contributed by atoms with van der Waals surface area (Å²) in [7, 11) is 0. The zero-order valence-electron chi connectivity index (χ0n) is 8.12. The second kappa shape index (κ2) is 5.51. The molecule has 3 heteroatoms. The molecule has 74 valence electrons. The molecule has 2 unspecified atom stereocenters. The van der Waals surface area contributed by atoms with Gasteiger partial charge in [0, 0.05) is 0 Å². The third-order valence-electron chi connectivity index (χ3n) is 2.35. The summed E-state index contributed by atoms with van der Waals surface area (Å²) in [5.41, 5.74) is 1.33. The van der Waals surface area contributed by atoms with Crippen LogP contribution in [-0.4, -0.2) is 17.9 Å². The van der Waals surface area contributed by atoms with Crippen molar-refractivity contribution in [3.8, 4) is 0 Å². The van der Waals surface area contributed by atoms with Gasteiger partial charge in [-0.05, 0) is 25.7 Å². The van der Waals surface area contributed by atoms with Crippen LogP contribution in [0.1, 0.15) is 26.7 Å². The summed E-state index contributed by atoms with van der Waals surface area (Å²) in [6.45, 7) is 6.04. The molecule has 0 aromatic carbocycles. The van der Waals surface area contributed by atoms with Crippen LogP contribution in [0.15, 0.2) is 11.6 Å². The second-order valence-corrected chi connectivity index (χ2v) is 3.36. The van der Waals surface area contributed by atoms with Crippen LogP contribution in [0.3, 0.4) is 0 Å². The molecule has 13 heavy (non-hydrogen) atoms. The summed E-state index contributed by atoms with van der Waals surface area (Å²) < 4.78 is 0. The maximum Gasteiger partial charge on any atom is 0.307 e. The Morgan fingerprint density at radius 3 is 2.54 bits per heavy atom. The van der Waals surface area contributed by atoms with E-state index in [1.807, 2.05) is 13.7 Å². The first-order valence-electron chi connectivity index (χ1n) is 4.30. The van der Waals surface area contributed by atoms with Gasteiger partial charge in [0.25, 0.3) is 0 Å². The number of hydrogen-bond acceptors (Lipinski definition) is 2. The van der Waals surface area contributed by atoms with Gasteiger partial charge < -0.3 is 9.90 Å². The van der Waals surface area contributed by atoms with Crippen molar-refractivity contribution in [1.82, 2.24) is 0 Å². The average Bonchev–Trinajstić information content (AvgIpc) is 2.07. The summed E-state index contributed by atoms with van der Waals surface area (Å²) >= 11 is 0. The first-order valence-corrected chi connectivity index (χ1v) is 4.30. The van der Waals surface area contributed by atoms with Crippen molar-refractivity contribution in [2.24, 2.45) is 11.8 Å². The van der Waals surface area contributed by atoms with Crippen molar-refractivity contribution in [3.63, 3.8) is 0 Å². The highest BCUT2D eigenvalue weighted by atomic mass is 16.4. The van der Waals surface area contributed by atoms with E-state index in [4.69, 9.17) is 9.90 Å². The lowest BCUT2D eigenvalue weighted by Crippen LogP contribution is -2.23. The standard InChI is InChI=1S/C9H14O2.CH2O/c1-6-3-4-8(9(10)11)7(2)5-6;1-2/h5,7-8H,3-4H2,1-2H3,(H,10,11);1H2. The minimum absolute atomic E-state index is 0.154. The van der Waals surface area contributed by atoms with Crippen LogP contribution in [0.2, 0.25) is 0 Å². The van der Waals surface area contributed by atoms with Gasteiger partial charge in [0.1, 0.15) is 6.79 Å². The minimum atomic E-state index is -0.652. The maximum atomic E-state index is 10.6. The van der Waals surface area contributed by atoms with Gasteiger partial charge in [-0.1, -0.05) is 18.6 Å². The Kier molecular flexibility index (Phi) is 5.04. The Hall–Kier alpha value is -1.12. The first-order chi connectivity index (χ1) is 6.11. The lowest BCUT2D eigenvalue weighted by Gasteiger charge is -2.22. The summed E-state index contributed by atoms with van der Waals surface area (Å²) in [6, 6.07) is 0. The van der Waals surface area contributed by atoms with Crippen molar-refractivity contribution < 1.29 is 14.7 Å². The fourth-order valence-corrected chi connectivity index (χ4v) is 1.64. The normalized spacial score (nSPS) is 26.8. The van der Waals surface area contributed by atoms with Crippen molar-refractivity contribution >= 4 is 12.8 Å². The predicted molar refractivity (Wildman–Crippen MR) is 50.4 cm³/mol. The fraction of sp³-hybridized carbons (Fsp3) is 0.600. The van der Waals surface area contributed by atoms with Crippen LogP contribution < -0.4 is 0 Å². The van der Waals surface area contributed by atoms with E-state index >= 15 is 0 Å². The lowest BCUT2D eigenvalue weighted by molar-refractivity contribution is -0.143. The van der Waals surface area contributed by atoms with E-state index in [0.717, 1.165) is 12.8 Å².